The summed E-state index contributed by atoms with van der Waals surface area (Å²) in [6, 6.07) is 9.09. The van der Waals surface area contributed by atoms with Crippen molar-refractivity contribution in [1.82, 2.24) is 10.2 Å². The Bertz CT molecular complexity index is 513. The van der Waals surface area contributed by atoms with Crippen LogP contribution in [0.3, 0.4) is 0 Å². The van der Waals surface area contributed by atoms with Crippen LogP contribution >= 0.6 is 11.6 Å². The minimum absolute atomic E-state index is 0.573. The monoisotopic (exact) mass is 232 g/mol. The summed E-state index contributed by atoms with van der Waals surface area (Å²) in [6.45, 7) is 0.578. The van der Waals surface area contributed by atoms with Crippen molar-refractivity contribution >= 4 is 17.3 Å². The van der Waals surface area contributed by atoms with E-state index in [4.69, 9.17) is 16.9 Å². The number of nitrogens with one attached hydrogen (secondary N) is 2. The van der Waals surface area contributed by atoms with Crippen LogP contribution in [0.1, 0.15) is 11.3 Å². The summed E-state index contributed by atoms with van der Waals surface area (Å²) in [7, 11) is 0. The summed E-state index contributed by atoms with van der Waals surface area (Å²) in [5, 5.41) is 19.3. The SMILES string of the molecule is N#Cc1ccc(Cl)cc1NCc1ccn[nH]1. The summed E-state index contributed by atoms with van der Waals surface area (Å²) < 4.78 is 0. The predicted molar refractivity (Wildman–Crippen MR) is 62.1 cm³/mol. The number of anilines is 1. The zero-order valence-electron chi connectivity index (χ0n) is 8.37. The Balaban J connectivity index is 2.15. The topological polar surface area (TPSA) is 64.5 Å². The van der Waals surface area contributed by atoms with E-state index in [1.165, 1.54) is 0 Å². The maximum atomic E-state index is 8.91. The fraction of sp³-hybridized carbons (Fsp3) is 0.0909. The highest BCUT2D eigenvalue weighted by Gasteiger charge is 2.02. The standard InChI is InChI=1S/C11H9ClN4/c12-9-2-1-8(6-13)11(5-9)14-7-10-3-4-15-16-10/h1-5,14H,7H2,(H,15,16). The van der Waals surface area contributed by atoms with Crippen molar-refractivity contribution in [2.75, 3.05) is 5.32 Å². The van der Waals surface area contributed by atoms with Crippen molar-refractivity contribution in [3.05, 3.63) is 46.7 Å². The van der Waals surface area contributed by atoms with Gasteiger partial charge in [0.2, 0.25) is 0 Å². The van der Waals surface area contributed by atoms with Crippen molar-refractivity contribution in [3.8, 4) is 6.07 Å². The molecule has 0 saturated carbocycles. The van der Waals surface area contributed by atoms with Gasteiger partial charge < -0.3 is 5.32 Å². The smallest absolute Gasteiger partial charge is 0.101 e. The Morgan fingerprint density at radius 1 is 1.44 bits per heavy atom. The molecule has 0 bridgehead atoms. The number of halogens is 1. The highest BCUT2D eigenvalue weighted by molar-refractivity contribution is 6.30. The first-order chi connectivity index (χ1) is 7.79. The third kappa shape index (κ3) is 2.33. The van der Waals surface area contributed by atoms with E-state index in [0.717, 1.165) is 11.4 Å². The van der Waals surface area contributed by atoms with Gasteiger partial charge in [-0.05, 0) is 24.3 Å². The van der Waals surface area contributed by atoms with E-state index >= 15 is 0 Å². The van der Waals surface area contributed by atoms with Gasteiger partial charge in [0.25, 0.3) is 0 Å². The number of hydrogen-bond donors (Lipinski definition) is 2. The van der Waals surface area contributed by atoms with Crippen LogP contribution in [0.15, 0.2) is 30.5 Å². The lowest BCUT2D eigenvalue weighted by Crippen LogP contribution is -2.01. The highest BCUT2D eigenvalue weighted by atomic mass is 35.5. The quantitative estimate of drug-likeness (QED) is 0.855. The maximum Gasteiger partial charge on any atom is 0.101 e. The van der Waals surface area contributed by atoms with E-state index in [0.29, 0.717) is 17.1 Å². The second-order valence-corrected chi connectivity index (χ2v) is 3.67. The molecule has 0 atom stereocenters. The van der Waals surface area contributed by atoms with Crippen LogP contribution in [0.2, 0.25) is 5.02 Å². The molecule has 1 heterocycles. The van der Waals surface area contributed by atoms with Crippen LogP contribution in [-0.2, 0) is 6.54 Å². The molecule has 0 saturated heterocycles. The van der Waals surface area contributed by atoms with Crippen molar-refractivity contribution in [3.63, 3.8) is 0 Å². The number of aromatic amines is 1. The van der Waals surface area contributed by atoms with E-state index in [2.05, 4.69) is 21.6 Å². The summed E-state index contributed by atoms with van der Waals surface area (Å²) in [5.41, 5.74) is 2.25. The molecule has 0 spiro atoms. The van der Waals surface area contributed by atoms with Crippen LogP contribution in [0.25, 0.3) is 0 Å². The van der Waals surface area contributed by atoms with Crippen molar-refractivity contribution in [1.29, 1.82) is 5.26 Å². The normalized spacial score (nSPS) is 9.75. The molecule has 5 heteroatoms. The second-order valence-electron chi connectivity index (χ2n) is 3.24. The van der Waals surface area contributed by atoms with Gasteiger partial charge in [0, 0.05) is 11.2 Å². The first-order valence-corrected chi connectivity index (χ1v) is 5.09. The number of H-pyrrole nitrogens is 1. The molecule has 1 aromatic heterocycles. The summed E-state index contributed by atoms with van der Waals surface area (Å²) in [4.78, 5) is 0. The van der Waals surface area contributed by atoms with Gasteiger partial charge in [0.05, 0.1) is 23.5 Å². The van der Waals surface area contributed by atoms with E-state index < -0.39 is 0 Å². The molecular weight excluding hydrogens is 224 g/mol. The number of hydrogen-bond acceptors (Lipinski definition) is 3. The van der Waals surface area contributed by atoms with E-state index in [9.17, 15) is 0 Å². The van der Waals surface area contributed by atoms with Crippen LogP contribution in [0.5, 0.6) is 0 Å². The number of nitrogens with zero attached hydrogens (tertiary/aromatic N) is 2. The lowest BCUT2D eigenvalue weighted by molar-refractivity contribution is 0.981. The first-order valence-electron chi connectivity index (χ1n) is 4.71. The van der Waals surface area contributed by atoms with Gasteiger partial charge in [-0.3, -0.25) is 5.10 Å². The molecule has 2 rings (SSSR count). The molecule has 0 fully saturated rings. The third-order valence-electron chi connectivity index (χ3n) is 2.13. The molecule has 80 valence electrons. The summed E-state index contributed by atoms with van der Waals surface area (Å²) >= 11 is 5.86. The molecule has 1 aromatic carbocycles. The fourth-order valence-electron chi connectivity index (χ4n) is 1.33. The molecule has 16 heavy (non-hydrogen) atoms. The fourth-order valence-corrected chi connectivity index (χ4v) is 1.51. The number of benzene rings is 1. The molecule has 0 aliphatic rings. The zero-order valence-corrected chi connectivity index (χ0v) is 9.12. The minimum Gasteiger partial charge on any atom is -0.378 e. The molecule has 0 radical (unpaired) electrons. The van der Waals surface area contributed by atoms with Gasteiger partial charge in [-0.25, -0.2) is 0 Å². The van der Waals surface area contributed by atoms with E-state index in [-0.39, 0.29) is 0 Å². The lowest BCUT2D eigenvalue weighted by atomic mass is 10.2. The zero-order chi connectivity index (χ0) is 11.4. The highest BCUT2D eigenvalue weighted by Crippen LogP contribution is 2.20. The van der Waals surface area contributed by atoms with Gasteiger partial charge in [0.1, 0.15) is 6.07 Å². The number of aromatic nitrogens is 2. The maximum absolute atomic E-state index is 8.91. The average molecular weight is 233 g/mol. The molecule has 2 aromatic rings. The van der Waals surface area contributed by atoms with E-state index in [1.807, 2.05) is 6.07 Å². The first kappa shape index (κ1) is 10.5. The molecule has 0 aliphatic carbocycles. The Hall–Kier alpha value is -1.99. The Morgan fingerprint density at radius 3 is 3.00 bits per heavy atom. The molecule has 0 amide bonds. The average Bonchev–Trinajstić information content (AvgIpc) is 2.79. The molecule has 4 nitrogen and oxygen atoms in total. The number of nitriles is 1. The minimum atomic E-state index is 0.573. The molecule has 0 aliphatic heterocycles. The number of rotatable bonds is 3. The van der Waals surface area contributed by atoms with Gasteiger partial charge >= 0.3 is 0 Å². The van der Waals surface area contributed by atoms with Gasteiger partial charge in [-0.15, -0.1) is 0 Å². The molecule has 0 unspecified atom stereocenters. The predicted octanol–water partition coefficient (Wildman–Crippen LogP) is 2.55. The van der Waals surface area contributed by atoms with Crippen molar-refractivity contribution < 1.29 is 0 Å². The summed E-state index contributed by atoms with van der Waals surface area (Å²) in [6.07, 6.45) is 1.68. The Kier molecular flexibility index (Phi) is 3.08. The largest absolute Gasteiger partial charge is 0.378 e. The van der Waals surface area contributed by atoms with Gasteiger partial charge in [-0.2, -0.15) is 10.4 Å². The van der Waals surface area contributed by atoms with Crippen LogP contribution in [0.4, 0.5) is 5.69 Å². The Morgan fingerprint density at radius 2 is 2.31 bits per heavy atom. The Labute approximate surface area is 97.9 Å². The third-order valence-corrected chi connectivity index (χ3v) is 2.36. The lowest BCUT2D eigenvalue weighted by Gasteiger charge is -2.07. The van der Waals surface area contributed by atoms with Crippen molar-refractivity contribution in [2.45, 2.75) is 6.54 Å². The van der Waals surface area contributed by atoms with Crippen LogP contribution in [0, 0.1) is 11.3 Å². The van der Waals surface area contributed by atoms with Gasteiger partial charge in [-0.1, -0.05) is 11.6 Å². The van der Waals surface area contributed by atoms with E-state index in [1.54, 1.807) is 24.4 Å². The molecule has 2 N–H and O–H groups in total. The van der Waals surface area contributed by atoms with Crippen LogP contribution < -0.4 is 5.32 Å². The van der Waals surface area contributed by atoms with Crippen LogP contribution in [-0.4, -0.2) is 10.2 Å². The van der Waals surface area contributed by atoms with Crippen molar-refractivity contribution in [2.24, 2.45) is 0 Å². The summed E-state index contributed by atoms with van der Waals surface area (Å²) in [5.74, 6) is 0. The molecular formula is C11H9ClN4. The van der Waals surface area contributed by atoms with Gasteiger partial charge in [0.15, 0.2) is 0 Å². The second kappa shape index (κ2) is 4.69.